The number of carbonyl (C=O) groups excluding carboxylic acids is 1. The summed E-state index contributed by atoms with van der Waals surface area (Å²) in [7, 11) is 0. The van der Waals surface area contributed by atoms with Gasteiger partial charge in [0.1, 0.15) is 11.9 Å². The lowest BCUT2D eigenvalue weighted by atomic mass is 10.1. The molecule has 0 atom stereocenters. The smallest absolute Gasteiger partial charge is 0.255 e. The normalized spacial score (nSPS) is 13.8. The Bertz CT molecular complexity index is 1140. The van der Waals surface area contributed by atoms with E-state index < -0.39 is 0 Å². The average Bonchev–Trinajstić information content (AvgIpc) is 3.00. The van der Waals surface area contributed by atoms with Crippen LogP contribution in [0.4, 0.5) is 5.69 Å². The van der Waals surface area contributed by atoms with Gasteiger partial charge in [-0.3, -0.25) is 4.79 Å². The molecule has 2 heterocycles. The van der Waals surface area contributed by atoms with Crippen molar-refractivity contribution >= 4 is 23.2 Å². The molecule has 1 amide bonds. The van der Waals surface area contributed by atoms with Gasteiger partial charge in [-0.25, -0.2) is 0 Å². The summed E-state index contributed by atoms with van der Waals surface area (Å²) in [4.78, 5) is 12.5. The first-order valence-corrected chi connectivity index (χ1v) is 10.2. The van der Waals surface area contributed by atoms with Crippen LogP contribution < -0.4 is 5.32 Å². The number of aryl methyl sites for hydroxylation is 2. The van der Waals surface area contributed by atoms with E-state index in [4.69, 9.17) is 0 Å². The molecule has 6 heteroatoms. The Morgan fingerprint density at radius 2 is 1.97 bits per heavy atom. The molecule has 0 aliphatic carbocycles. The summed E-state index contributed by atoms with van der Waals surface area (Å²) in [6.07, 6.45) is 6.02. The first-order valence-electron chi connectivity index (χ1n) is 10.2. The highest BCUT2D eigenvalue weighted by atomic mass is 16.1. The molecule has 4 rings (SSSR count). The maximum absolute atomic E-state index is 12.5. The van der Waals surface area contributed by atoms with E-state index in [1.54, 1.807) is 18.2 Å². The second-order valence-electron chi connectivity index (χ2n) is 7.52. The molecule has 150 valence electrons. The molecular formula is C24H23N5O. The van der Waals surface area contributed by atoms with Gasteiger partial charge in [0.25, 0.3) is 5.91 Å². The Balaban J connectivity index is 1.58. The van der Waals surface area contributed by atoms with Crippen molar-refractivity contribution in [2.75, 3.05) is 5.32 Å². The van der Waals surface area contributed by atoms with Crippen molar-refractivity contribution in [2.24, 2.45) is 0 Å². The van der Waals surface area contributed by atoms with E-state index in [-0.39, 0.29) is 5.91 Å². The lowest BCUT2D eigenvalue weighted by molar-refractivity contribution is 0.102. The standard InChI is InChI=1S/C24H23N5O/c1-17-9-11-19(12-10-17)24(30)26-21-7-5-6-18(15-21)14-20(16-25)23-28-27-22-8-3-2-4-13-29(22)23/h5-7,9-12,14-15H,2-4,8,13H2,1H3,(H,26,30). The van der Waals surface area contributed by atoms with E-state index in [1.165, 1.54) is 0 Å². The zero-order valence-corrected chi connectivity index (χ0v) is 16.9. The summed E-state index contributed by atoms with van der Waals surface area (Å²) in [6.45, 7) is 2.82. The maximum Gasteiger partial charge on any atom is 0.255 e. The van der Waals surface area contributed by atoms with Crippen molar-refractivity contribution in [3.8, 4) is 6.07 Å². The van der Waals surface area contributed by atoms with Crippen molar-refractivity contribution in [3.05, 3.63) is 76.9 Å². The third-order valence-corrected chi connectivity index (χ3v) is 5.24. The second-order valence-corrected chi connectivity index (χ2v) is 7.52. The van der Waals surface area contributed by atoms with E-state index in [1.807, 2.05) is 43.3 Å². The minimum absolute atomic E-state index is 0.167. The number of benzene rings is 2. The number of anilines is 1. The van der Waals surface area contributed by atoms with Crippen molar-refractivity contribution < 1.29 is 4.79 Å². The number of rotatable bonds is 4. The number of hydrogen-bond acceptors (Lipinski definition) is 4. The van der Waals surface area contributed by atoms with Crippen LogP contribution in [0.2, 0.25) is 0 Å². The van der Waals surface area contributed by atoms with Crippen LogP contribution in [0.15, 0.2) is 48.5 Å². The number of amides is 1. The van der Waals surface area contributed by atoms with Gasteiger partial charge in [0, 0.05) is 24.2 Å². The summed E-state index contributed by atoms with van der Waals surface area (Å²) in [6, 6.07) is 17.1. The van der Waals surface area contributed by atoms with Gasteiger partial charge >= 0.3 is 0 Å². The van der Waals surface area contributed by atoms with Crippen LogP contribution in [0, 0.1) is 18.3 Å². The van der Waals surface area contributed by atoms with Crippen LogP contribution in [0.3, 0.4) is 0 Å². The van der Waals surface area contributed by atoms with Crippen molar-refractivity contribution in [2.45, 2.75) is 39.2 Å². The zero-order valence-electron chi connectivity index (χ0n) is 16.9. The van der Waals surface area contributed by atoms with Gasteiger partial charge in [-0.1, -0.05) is 36.2 Å². The lowest BCUT2D eigenvalue weighted by Crippen LogP contribution is -2.11. The molecule has 0 saturated carbocycles. The van der Waals surface area contributed by atoms with Crippen LogP contribution in [-0.2, 0) is 13.0 Å². The molecule has 1 N–H and O–H groups in total. The van der Waals surface area contributed by atoms with Gasteiger partial charge in [0.05, 0.1) is 5.57 Å². The minimum atomic E-state index is -0.167. The van der Waals surface area contributed by atoms with Crippen LogP contribution in [0.5, 0.6) is 0 Å². The monoisotopic (exact) mass is 397 g/mol. The highest BCUT2D eigenvalue weighted by molar-refractivity contribution is 6.04. The first-order chi connectivity index (χ1) is 14.6. The van der Waals surface area contributed by atoms with Crippen LogP contribution in [0.25, 0.3) is 11.6 Å². The molecular weight excluding hydrogens is 374 g/mol. The number of fused-ring (bicyclic) bond motifs is 1. The molecule has 0 unspecified atom stereocenters. The topological polar surface area (TPSA) is 83.6 Å². The molecule has 1 aliphatic rings. The maximum atomic E-state index is 12.5. The Kier molecular flexibility index (Phi) is 5.71. The third-order valence-electron chi connectivity index (χ3n) is 5.24. The van der Waals surface area contributed by atoms with Crippen molar-refractivity contribution in [1.29, 1.82) is 5.26 Å². The largest absolute Gasteiger partial charge is 0.322 e. The van der Waals surface area contributed by atoms with Gasteiger partial charge in [0.15, 0.2) is 5.82 Å². The number of nitrogens with zero attached hydrogens (tertiary/aromatic N) is 4. The highest BCUT2D eigenvalue weighted by Gasteiger charge is 2.17. The quantitative estimate of drug-likeness (QED) is 0.651. The van der Waals surface area contributed by atoms with E-state index in [0.29, 0.717) is 22.6 Å². The molecule has 0 bridgehead atoms. The number of carbonyl (C=O) groups is 1. The molecule has 0 radical (unpaired) electrons. The predicted molar refractivity (Wildman–Crippen MR) is 117 cm³/mol. The lowest BCUT2D eigenvalue weighted by Gasteiger charge is -2.08. The molecule has 0 spiro atoms. The van der Waals surface area contributed by atoms with Crippen LogP contribution in [0.1, 0.15) is 52.4 Å². The predicted octanol–water partition coefficient (Wildman–Crippen LogP) is 4.63. The summed E-state index contributed by atoms with van der Waals surface area (Å²) >= 11 is 0. The molecule has 2 aromatic carbocycles. The molecule has 6 nitrogen and oxygen atoms in total. The van der Waals surface area contributed by atoms with Crippen LogP contribution in [-0.4, -0.2) is 20.7 Å². The molecule has 1 aliphatic heterocycles. The van der Waals surface area contributed by atoms with Gasteiger partial charge in [-0.15, -0.1) is 10.2 Å². The average molecular weight is 397 g/mol. The Labute approximate surface area is 175 Å². The van der Waals surface area contributed by atoms with E-state index >= 15 is 0 Å². The number of nitrogens with one attached hydrogen (secondary N) is 1. The molecule has 3 aromatic rings. The molecule has 1 aromatic heterocycles. The summed E-state index contributed by atoms with van der Waals surface area (Å²) in [5.41, 5.74) is 3.67. The minimum Gasteiger partial charge on any atom is -0.322 e. The SMILES string of the molecule is Cc1ccc(C(=O)Nc2cccc(C=C(C#N)c3nnc4n3CCCCC4)c2)cc1. The Morgan fingerprint density at radius 3 is 2.77 bits per heavy atom. The summed E-state index contributed by atoms with van der Waals surface area (Å²) < 4.78 is 2.06. The Morgan fingerprint density at radius 1 is 1.13 bits per heavy atom. The number of hydrogen-bond donors (Lipinski definition) is 1. The summed E-state index contributed by atoms with van der Waals surface area (Å²) in [5.74, 6) is 1.39. The van der Waals surface area contributed by atoms with E-state index in [2.05, 4.69) is 26.2 Å². The fraction of sp³-hybridized carbons (Fsp3) is 0.250. The van der Waals surface area contributed by atoms with Crippen LogP contribution >= 0.6 is 0 Å². The Hall–Kier alpha value is -3.72. The molecule has 30 heavy (non-hydrogen) atoms. The van der Waals surface area contributed by atoms with Gasteiger partial charge in [-0.05, 0) is 55.7 Å². The first kappa shape index (κ1) is 19.6. The fourth-order valence-corrected chi connectivity index (χ4v) is 3.61. The molecule has 0 fully saturated rings. The second kappa shape index (κ2) is 8.75. The van der Waals surface area contributed by atoms with Gasteiger partial charge in [0.2, 0.25) is 0 Å². The number of aromatic nitrogens is 3. The van der Waals surface area contributed by atoms with Crippen molar-refractivity contribution in [3.63, 3.8) is 0 Å². The van der Waals surface area contributed by atoms with Crippen molar-refractivity contribution in [1.82, 2.24) is 14.8 Å². The highest BCUT2D eigenvalue weighted by Crippen LogP contribution is 2.22. The molecule has 0 saturated heterocycles. The number of allylic oxidation sites excluding steroid dienone is 1. The third kappa shape index (κ3) is 4.31. The van der Waals surface area contributed by atoms with Gasteiger partial charge < -0.3 is 9.88 Å². The van der Waals surface area contributed by atoms with E-state index in [9.17, 15) is 10.1 Å². The zero-order chi connectivity index (χ0) is 20.9. The summed E-state index contributed by atoms with van der Waals surface area (Å²) in [5, 5.41) is 21.2. The fourth-order valence-electron chi connectivity index (χ4n) is 3.61. The van der Waals surface area contributed by atoms with Gasteiger partial charge in [-0.2, -0.15) is 5.26 Å². The number of nitriles is 1. The van der Waals surface area contributed by atoms with E-state index in [0.717, 1.165) is 49.2 Å².